The summed E-state index contributed by atoms with van der Waals surface area (Å²) in [6.07, 6.45) is 3.14. The van der Waals surface area contributed by atoms with E-state index >= 15 is 0 Å². The largest absolute Gasteiger partial charge is 0.470 e. The molecule has 98 valence electrons. The van der Waals surface area contributed by atoms with Crippen molar-refractivity contribution in [3.63, 3.8) is 0 Å². The fourth-order valence-corrected chi connectivity index (χ4v) is 2.20. The number of rotatable bonds is 3. The smallest absolute Gasteiger partial charge is 0.289 e. The molecule has 2 aromatic heterocycles. The van der Waals surface area contributed by atoms with E-state index in [2.05, 4.69) is 20.9 Å². The molecule has 0 aliphatic carbocycles. The Morgan fingerprint density at radius 2 is 2.26 bits per heavy atom. The molecule has 1 aliphatic rings. The van der Waals surface area contributed by atoms with Crippen LogP contribution in [-0.4, -0.2) is 35.0 Å². The summed E-state index contributed by atoms with van der Waals surface area (Å²) in [5.74, 6) is 0.806. The van der Waals surface area contributed by atoms with Gasteiger partial charge in [0.05, 0.1) is 23.8 Å². The third-order valence-corrected chi connectivity index (χ3v) is 3.47. The van der Waals surface area contributed by atoms with Gasteiger partial charge in [0.25, 0.3) is 5.91 Å². The first-order valence-corrected chi connectivity index (χ1v) is 6.63. The number of carbonyl (C=O) groups is 1. The number of aromatic nitrogens is 1. The minimum atomic E-state index is -0.107. The van der Waals surface area contributed by atoms with Gasteiger partial charge >= 0.3 is 0 Å². The lowest BCUT2D eigenvalue weighted by atomic mass is 10.1. The molecule has 1 aliphatic heterocycles. The third-order valence-electron chi connectivity index (χ3n) is 2.87. The maximum absolute atomic E-state index is 11.9. The molecule has 0 unspecified atom stereocenters. The Hall–Kier alpha value is -1.82. The van der Waals surface area contributed by atoms with Gasteiger partial charge in [0.2, 0.25) is 5.88 Å². The van der Waals surface area contributed by atoms with Crippen LogP contribution in [0.4, 0.5) is 0 Å². The van der Waals surface area contributed by atoms with E-state index < -0.39 is 0 Å². The summed E-state index contributed by atoms with van der Waals surface area (Å²) < 4.78 is 11.6. The highest BCUT2D eigenvalue weighted by atomic mass is 79.9. The number of hydrogen-bond donors (Lipinski definition) is 0. The molecule has 5 nitrogen and oxygen atoms in total. The van der Waals surface area contributed by atoms with Crippen molar-refractivity contribution in [1.29, 1.82) is 0 Å². The summed E-state index contributed by atoms with van der Waals surface area (Å²) in [7, 11) is 0. The van der Waals surface area contributed by atoms with E-state index in [-0.39, 0.29) is 12.0 Å². The topological polar surface area (TPSA) is 55.6 Å². The van der Waals surface area contributed by atoms with Gasteiger partial charge in [-0.05, 0) is 40.2 Å². The van der Waals surface area contributed by atoms with Gasteiger partial charge in [-0.3, -0.25) is 4.79 Å². The average Bonchev–Trinajstić information content (AvgIpc) is 2.88. The Labute approximate surface area is 118 Å². The van der Waals surface area contributed by atoms with E-state index in [0.29, 0.717) is 24.7 Å². The highest BCUT2D eigenvalue weighted by Crippen LogP contribution is 2.25. The summed E-state index contributed by atoms with van der Waals surface area (Å²) >= 11 is 3.37. The van der Waals surface area contributed by atoms with Crippen LogP contribution in [-0.2, 0) is 0 Å². The molecule has 3 heterocycles. The van der Waals surface area contributed by atoms with Gasteiger partial charge in [-0.25, -0.2) is 4.98 Å². The molecule has 2 aromatic rings. The van der Waals surface area contributed by atoms with E-state index in [1.807, 2.05) is 12.1 Å². The molecule has 6 heteroatoms. The Bertz CT molecular complexity index is 579. The Kier molecular flexibility index (Phi) is 3.25. The molecule has 1 fully saturated rings. The number of halogens is 1. The first-order chi connectivity index (χ1) is 9.24. The number of likely N-dealkylation sites (tertiary alicyclic amines) is 1. The monoisotopic (exact) mass is 322 g/mol. The predicted octanol–water partition coefficient (Wildman–Crippen LogP) is 2.34. The van der Waals surface area contributed by atoms with Crippen molar-refractivity contribution in [2.75, 3.05) is 13.1 Å². The minimum absolute atomic E-state index is 0.0230. The van der Waals surface area contributed by atoms with E-state index in [1.54, 1.807) is 23.2 Å². The number of pyridine rings is 1. The van der Waals surface area contributed by atoms with Gasteiger partial charge in [-0.1, -0.05) is 0 Å². The number of hydrogen-bond acceptors (Lipinski definition) is 4. The minimum Gasteiger partial charge on any atom is -0.470 e. The molecule has 0 aromatic carbocycles. The molecule has 0 spiro atoms. The summed E-state index contributed by atoms with van der Waals surface area (Å²) in [5, 5.41) is 0. The van der Waals surface area contributed by atoms with Crippen molar-refractivity contribution in [1.82, 2.24) is 9.88 Å². The fraction of sp³-hybridized carbons (Fsp3) is 0.231. The molecule has 0 radical (unpaired) electrons. The van der Waals surface area contributed by atoms with Crippen LogP contribution in [0.5, 0.6) is 5.88 Å². The Morgan fingerprint density at radius 3 is 2.95 bits per heavy atom. The molecule has 3 rings (SSSR count). The first kappa shape index (κ1) is 12.2. The molecule has 1 amide bonds. The second-order valence-corrected chi connectivity index (χ2v) is 5.07. The van der Waals surface area contributed by atoms with Crippen molar-refractivity contribution in [2.24, 2.45) is 0 Å². The van der Waals surface area contributed by atoms with Crippen molar-refractivity contribution in [3.8, 4) is 5.88 Å². The van der Waals surface area contributed by atoms with E-state index in [0.717, 1.165) is 4.47 Å². The van der Waals surface area contributed by atoms with Gasteiger partial charge in [0.15, 0.2) is 5.76 Å². The quantitative estimate of drug-likeness (QED) is 0.870. The normalized spacial score (nSPS) is 15.1. The van der Waals surface area contributed by atoms with Crippen LogP contribution >= 0.6 is 15.9 Å². The van der Waals surface area contributed by atoms with Crippen LogP contribution in [0.3, 0.4) is 0 Å². The van der Waals surface area contributed by atoms with Crippen LogP contribution < -0.4 is 4.74 Å². The maximum atomic E-state index is 11.9. The molecule has 1 saturated heterocycles. The van der Waals surface area contributed by atoms with Crippen LogP contribution in [0.25, 0.3) is 0 Å². The van der Waals surface area contributed by atoms with Crippen molar-refractivity contribution in [3.05, 3.63) is 47.0 Å². The van der Waals surface area contributed by atoms with Crippen molar-refractivity contribution < 1.29 is 13.9 Å². The highest BCUT2D eigenvalue weighted by Gasteiger charge is 2.34. The lowest BCUT2D eigenvalue weighted by Crippen LogP contribution is -2.56. The summed E-state index contributed by atoms with van der Waals surface area (Å²) in [5.41, 5.74) is 0. The van der Waals surface area contributed by atoms with Gasteiger partial charge in [-0.2, -0.15) is 0 Å². The molecule has 19 heavy (non-hydrogen) atoms. The van der Waals surface area contributed by atoms with Crippen LogP contribution in [0.1, 0.15) is 10.6 Å². The molecule has 0 N–H and O–H groups in total. The second-order valence-electron chi connectivity index (χ2n) is 4.22. The molecule has 0 atom stereocenters. The summed E-state index contributed by atoms with van der Waals surface area (Å²) in [4.78, 5) is 17.7. The molecule has 0 bridgehead atoms. The van der Waals surface area contributed by atoms with E-state index in [9.17, 15) is 4.79 Å². The summed E-state index contributed by atoms with van der Waals surface area (Å²) in [6.45, 7) is 1.09. The van der Waals surface area contributed by atoms with E-state index in [1.165, 1.54) is 6.26 Å². The maximum Gasteiger partial charge on any atom is 0.289 e. The second kappa shape index (κ2) is 5.05. The zero-order valence-corrected chi connectivity index (χ0v) is 11.5. The van der Waals surface area contributed by atoms with Crippen molar-refractivity contribution in [2.45, 2.75) is 6.10 Å². The molecule has 0 saturated carbocycles. The third kappa shape index (κ3) is 2.49. The molecular weight excluding hydrogens is 312 g/mol. The van der Waals surface area contributed by atoms with Crippen LogP contribution in [0, 0.1) is 0 Å². The average molecular weight is 323 g/mol. The highest BCUT2D eigenvalue weighted by molar-refractivity contribution is 9.10. The lowest BCUT2D eigenvalue weighted by molar-refractivity contribution is 0.0135. The number of carbonyl (C=O) groups excluding carboxylic acids is 1. The van der Waals surface area contributed by atoms with E-state index in [4.69, 9.17) is 9.15 Å². The van der Waals surface area contributed by atoms with Crippen molar-refractivity contribution >= 4 is 21.8 Å². The number of furan rings is 1. The van der Waals surface area contributed by atoms with Gasteiger partial charge in [0, 0.05) is 6.20 Å². The zero-order valence-electron chi connectivity index (χ0n) is 9.95. The van der Waals surface area contributed by atoms with Crippen LogP contribution in [0.2, 0.25) is 0 Å². The first-order valence-electron chi connectivity index (χ1n) is 5.84. The molecular formula is C13H11BrN2O3. The number of ether oxygens (including phenoxy) is 1. The Balaban J connectivity index is 1.56. The predicted molar refractivity (Wildman–Crippen MR) is 71.0 cm³/mol. The SMILES string of the molecule is O=C(c1ccco1)N1CC(Oc2ncccc2Br)C1. The number of nitrogens with zero attached hydrogens (tertiary/aromatic N) is 2. The fourth-order valence-electron chi connectivity index (χ4n) is 1.85. The lowest BCUT2D eigenvalue weighted by Gasteiger charge is -2.38. The standard InChI is InChI=1S/C13H11BrN2O3/c14-10-3-1-5-15-12(10)19-9-7-16(8-9)13(17)11-4-2-6-18-11/h1-6,9H,7-8H2. The summed E-state index contributed by atoms with van der Waals surface area (Å²) in [6, 6.07) is 7.05. The van der Waals surface area contributed by atoms with Gasteiger partial charge in [-0.15, -0.1) is 0 Å². The number of amides is 1. The van der Waals surface area contributed by atoms with Gasteiger partial charge in [0.1, 0.15) is 6.10 Å². The Morgan fingerprint density at radius 1 is 1.42 bits per heavy atom. The van der Waals surface area contributed by atoms with Gasteiger partial charge < -0.3 is 14.1 Å². The van der Waals surface area contributed by atoms with Crippen LogP contribution in [0.15, 0.2) is 45.6 Å². The zero-order chi connectivity index (χ0) is 13.2.